The molecule has 1 aromatic rings. The van der Waals surface area contributed by atoms with Crippen LogP contribution in [0.3, 0.4) is 0 Å². The summed E-state index contributed by atoms with van der Waals surface area (Å²) >= 11 is 0. The first-order valence-electron chi connectivity index (χ1n) is 9.42. The van der Waals surface area contributed by atoms with Gasteiger partial charge in [-0.2, -0.15) is 0 Å². The Balaban J connectivity index is 1.88. The summed E-state index contributed by atoms with van der Waals surface area (Å²) in [6, 6.07) is 7.46. The van der Waals surface area contributed by atoms with Crippen molar-refractivity contribution in [2.24, 2.45) is 0 Å². The van der Waals surface area contributed by atoms with Gasteiger partial charge in [0.15, 0.2) is 5.78 Å². The molecule has 1 N–H and O–H groups in total. The molecule has 0 atom stereocenters. The van der Waals surface area contributed by atoms with Crippen LogP contribution >= 0.6 is 0 Å². The number of carbonyl (C=O) groups excluding carboxylic acids is 2. The molecule has 1 amide bonds. The van der Waals surface area contributed by atoms with Crippen LogP contribution in [0.25, 0.3) is 0 Å². The first-order valence-corrected chi connectivity index (χ1v) is 9.42. The molecule has 0 saturated carbocycles. The van der Waals surface area contributed by atoms with E-state index in [2.05, 4.69) is 12.2 Å². The molecule has 1 saturated heterocycles. The molecule has 1 aliphatic rings. The number of ketones is 1. The summed E-state index contributed by atoms with van der Waals surface area (Å²) in [7, 11) is 0. The average Bonchev–Trinajstić information content (AvgIpc) is 2.65. The van der Waals surface area contributed by atoms with Gasteiger partial charge < -0.3 is 15.0 Å². The van der Waals surface area contributed by atoms with Gasteiger partial charge in [0.25, 0.3) is 0 Å². The lowest BCUT2D eigenvalue weighted by Gasteiger charge is -2.34. The van der Waals surface area contributed by atoms with Crippen LogP contribution in [0.5, 0.6) is 5.75 Å². The molecule has 138 valence electrons. The summed E-state index contributed by atoms with van der Waals surface area (Å²) < 4.78 is 5.39. The van der Waals surface area contributed by atoms with Gasteiger partial charge in [0.2, 0.25) is 5.91 Å². The van der Waals surface area contributed by atoms with Crippen molar-refractivity contribution >= 4 is 11.7 Å². The van der Waals surface area contributed by atoms with Crippen LogP contribution in [0.2, 0.25) is 0 Å². The van der Waals surface area contributed by atoms with Gasteiger partial charge in [0.05, 0.1) is 6.61 Å². The highest BCUT2D eigenvalue weighted by Gasteiger charge is 2.24. The molecule has 1 aromatic carbocycles. The predicted octanol–water partition coefficient (Wildman–Crippen LogP) is 3.04. The minimum absolute atomic E-state index is 0.0122. The van der Waals surface area contributed by atoms with Crippen molar-refractivity contribution in [1.82, 2.24) is 10.2 Å². The molecule has 0 aliphatic carbocycles. The Morgan fingerprint density at radius 2 is 1.80 bits per heavy atom. The van der Waals surface area contributed by atoms with Gasteiger partial charge in [0.1, 0.15) is 5.75 Å². The van der Waals surface area contributed by atoms with E-state index >= 15 is 0 Å². The van der Waals surface area contributed by atoms with E-state index in [9.17, 15) is 9.59 Å². The van der Waals surface area contributed by atoms with Gasteiger partial charge in [0, 0.05) is 31.0 Å². The number of hydrogen-bond acceptors (Lipinski definition) is 4. The molecular formula is C20H30N2O3. The van der Waals surface area contributed by atoms with Crippen LogP contribution in [-0.2, 0) is 4.79 Å². The zero-order valence-corrected chi connectivity index (χ0v) is 15.4. The molecule has 0 bridgehead atoms. The second kappa shape index (κ2) is 10.2. The van der Waals surface area contributed by atoms with E-state index in [-0.39, 0.29) is 24.5 Å². The molecule has 0 aromatic heterocycles. The SMILES string of the molecule is CCCN(C(=O)CCC(=O)c1ccc(OCC)cc1)C1CCNCC1. The number of nitrogens with zero attached hydrogens (tertiary/aromatic N) is 1. The summed E-state index contributed by atoms with van der Waals surface area (Å²) in [6.07, 6.45) is 3.49. The smallest absolute Gasteiger partial charge is 0.223 e. The largest absolute Gasteiger partial charge is 0.494 e. The Morgan fingerprint density at radius 3 is 2.40 bits per heavy atom. The lowest BCUT2D eigenvalue weighted by molar-refractivity contribution is -0.134. The van der Waals surface area contributed by atoms with Crippen LogP contribution in [0, 0.1) is 0 Å². The van der Waals surface area contributed by atoms with Crippen molar-refractivity contribution in [1.29, 1.82) is 0 Å². The number of rotatable bonds is 9. The van der Waals surface area contributed by atoms with E-state index in [1.807, 2.05) is 11.8 Å². The summed E-state index contributed by atoms with van der Waals surface area (Å²) in [5, 5.41) is 3.33. The van der Waals surface area contributed by atoms with Crippen LogP contribution in [-0.4, -0.2) is 48.9 Å². The molecule has 1 aliphatic heterocycles. The molecule has 5 nitrogen and oxygen atoms in total. The van der Waals surface area contributed by atoms with Gasteiger partial charge in [-0.05, 0) is 63.5 Å². The van der Waals surface area contributed by atoms with Crippen molar-refractivity contribution < 1.29 is 14.3 Å². The van der Waals surface area contributed by atoms with E-state index < -0.39 is 0 Å². The monoisotopic (exact) mass is 346 g/mol. The first kappa shape index (κ1) is 19.4. The minimum Gasteiger partial charge on any atom is -0.494 e. The van der Waals surface area contributed by atoms with E-state index in [1.165, 1.54) is 0 Å². The van der Waals surface area contributed by atoms with Crippen LogP contribution in [0.1, 0.15) is 56.3 Å². The van der Waals surface area contributed by atoms with Gasteiger partial charge in [-0.15, -0.1) is 0 Å². The fourth-order valence-corrected chi connectivity index (χ4v) is 3.28. The number of ether oxygens (including phenoxy) is 1. The highest BCUT2D eigenvalue weighted by molar-refractivity contribution is 5.98. The predicted molar refractivity (Wildman–Crippen MR) is 99.1 cm³/mol. The number of amides is 1. The highest BCUT2D eigenvalue weighted by Crippen LogP contribution is 2.17. The van der Waals surface area contributed by atoms with Gasteiger partial charge >= 0.3 is 0 Å². The van der Waals surface area contributed by atoms with E-state index in [4.69, 9.17) is 4.74 Å². The minimum atomic E-state index is 0.0122. The van der Waals surface area contributed by atoms with Gasteiger partial charge in [-0.3, -0.25) is 9.59 Å². The molecule has 0 radical (unpaired) electrons. The van der Waals surface area contributed by atoms with Crippen molar-refractivity contribution in [3.63, 3.8) is 0 Å². The van der Waals surface area contributed by atoms with E-state index in [1.54, 1.807) is 24.3 Å². The number of hydrogen-bond donors (Lipinski definition) is 1. The number of piperidine rings is 1. The number of nitrogens with one attached hydrogen (secondary N) is 1. The van der Waals surface area contributed by atoms with Crippen LogP contribution < -0.4 is 10.1 Å². The lowest BCUT2D eigenvalue weighted by Crippen LogP contribution is -2.46. The maximum atomic E-state index is 12.6. The van der Waals surface area contributed by atoms with Crippen LogP contribution in [0.4, 0.5) is 0 Å². The maximum absolute atomic E-state index is 12.6. The average molecular weight is 346 g/mol. The molecule has 1 heterocycles. The Kier molecular flexibility index (Phi) is 7.92. The Bertz CT molecular complexity index is 551. The highest BCUT2D eigenvalue weighted by atomic mass is 16.5. The van der Waals surface area contributed by atoms with Crippen molar-refractivity contribution in [2.75, 3.05) is 26.2 Å². The van der Waals surface area contributed by atoms with E-state index in [0.29, 0.717) is 18.2 Å². The summed E-state index contributed by atoms with van der Waals surface area (Å²) in [6.45, 7) is 7.32. The fraction of sp³-hybridized carbons (Fsp3) is 0.600. The molecule has 0 spiro atoms. The standard InChI is InChI=1S/C20H30N2O3/c1-3-15-22(17-11-13-21-14-12-17)20(24)10-9-19(23)16-5-7-18(8-6-16)25-4-2/h5-8,17,21H,3-4,9-15H2,1-2H3. The third-order valence-electron chi connectivity index (χ3n) is 4.59. The number of benzene rings is 1. The Morgan fingerprint density at radius 1 is 1.12 bits per heavy atom. The first-order chi connectivity index (χ1) is 12.2. The zero-order chi connectivity index (χ0) is 18.1. The van der Waals surface area contributed by atoms with Gasteiger partial charge in [-0.1, -0.05) is 6.92 Å². The maximum Gasteiger partial charge on any atom is 0.223 e. The summed E-state index contributed by atoms with van der Waals surface area (Å²) in [5.41, 5.74) is 0.639. The van der Waals surface area contributed by atoms with E-state index in [0.717, 1.165) is 44.6 Å². The van der Waals surface area contributed by atoms with Crippen molar-refractivity contribution in [2.45, 2.75) is 52.0 Å². The summed E-state index contributed by atoms with van der Waals surface area (Å²) in [5.74, 6) is 0.876. The van der Waals surface area contributed by atoms with Gasteiger partial charge in [-0.25, -0.2) is 0 Å². The third-order valence-corrected chi connectivity index (χ3v) is 4.59. The van der Waals surface area contributed by atoms with Crippen molar-refractivity contribution in [3.8, 4) is 5.75 Å². The second-order valence-corrected chi connectivity index (χ2v) is 6.45. The topological polar surface area (TPSA) is 58.6 Å². The number of Topliss-reactive ketones (excluding diaryl/α,β-unsaturated/α-hetero) is 1. The zero-order valence-electron chi connectivity index (χ0n) is 15.4. The molecule has 0 unspecified atom stereocenters. The third kappa shape index (κ3) is 5.85. The quantitative estimate of drug-likeness (QED) is 0.698. The van der Waals surface area contributed by atoms with Crippen molar-refractivity contribution in [3.05, 3.63) is 29.8 Å². The summed E-state index contributed by atoms with van der Waals surface area (Å²) in [4.78, 5) is 27.0. The number of carbonyl (C=O) groups is 2. The molecule has 2 rings (SSSR count). The molecule has 25 heavy (non-hydrogen) atoms. The molecular weight excluding hydrogens is 316 g/mol. The Labute approximate surface area is 150 Å². The lowest BCUT2D eigenvalue weighted by atomic mass is 10.0. The molecule has 5 heteroatoms. The molecule has 1 fully saturated rings. The second-order valence-electron chi connectivity index (χ2n) is 6.45. The Hall–Kier alpha value is -1.88. The fourth-order valence-electron chi connectivity index (χ4n) is 3.28. The van der Waals surface area contributed by atoms with Crippen LogP contribution in [0.15, 0.2) is 24.3 Å². The normalized spacial score (nSPS) is 15.0.